The largest absolute Gasteiger partial charge is 0.351 e. The highest BCUT2D eigenvalue weighted by Crippen LogP contribution is 2.61. The minimum atomic E-state index is -0.641. The molecule has 0 saturated heterocycles. The summed E-state index contributed by atoms with van der Waals surface area (Å²) >= 11 is 0. The highest BCUT2D eigenvalue weighted by atomic mass is 16.7. The monoisotopic (exact) mass is 200 g/mol. The molecule has 0 heterocycles. The summed E-state index contributed by atoms with van der Waals surface area (Å²) in [4.78, 5) is 0. The molecule has 1 saturated carbocycles. The number of ether oxygens (including phenoxy) is 2. The maximum Gasteiger partial charge on any atom is 0.188 e. The second-order valence-electron chi connectivity index (χ2n) is 4.75. The van der Waals surface area contributed by atoms with E-state index in [4.69, 9.17) is 15.3 Å². The van der Waals surface area contributed by atoms with Crippen molar-refractivity contribution in [2.24, 2.45) is 21.8 Å². The third-order valence-corrected chi connectivity index (χ3v) is 3.53. The molecule has 1 aliphatic rings. The number of hydrogen-bond donors (Lipinski definition) is 1. The molecule has 0 aromatic carbocycles. The van der Waals surface area contributed by atoms with Crippen LogP contribution in [0.25, 0.3) is 0 Å². The average molecular weight is 200 g/mol. The van der Waals surface area contributed by atoms with E-state index in [2.05, 4.69) is 5.10 Å². The summed E-state index contributed by atoms with van der Waals surface area (Å²) in [6, 6.07) is 0. The molecule has 0 atom stereocenters. The predicted molar refractivity (Wildman–Crippen MR) is 55.9 cm³/mol. The molecule has 2 N–H and O–H groups in total. The molecule has 4 heteroatoms. The fourth-order valence-corrected chi connectivity index (χ4v) is 3.24. The molecular formula is C10H20N2O2. The summed E-state index contributed by atoms with van der Waals surface area (Å²) < 4.78 is 11.1. The Balaban J connectivity index is 3.23. The van der Waals surface area contributed by atoms with Gasteiger partial charge in [0.25, 0.3) is 0 Å². The Labute approximate surface area is 85.5 Å². The lowest BCUT2D eigenvalue weighted by molar-refractivity contribution is -0.322. The molecule has 0 aliphatic heterocycles. The van der Waals surface area contributed by atoms with Gasteiger partial charge >= 0.3 is 0 Å². The molecule has 1 rings (SSSR count). The fourth-order valence-electron chi connectivity index (χ4n) is 3.24. The zero-order chi connectivity index (χ0) is 11.2. The molecule has 82 valence electrons. The van der Waals surface area contributed by atoms with Crippen LogP contribution in [-0.4, -0.2) is 25.7 Å². The van der Waals surface area contributed by atoms with Crippen LogP contribution in [0.3, 0.4) is 0 Å². The maximum atomic E-state index is 5.53. The van der Waals surface area contributed by atoms with Crippen LogP contribution in [0.5, 0.6) is 0 Å². The van der Waals surface area contributed by atoms with Gasteiger partial charge in [-0.3, -0.25) is 0 Å². The molecule has 4 nitrogen and oxygen atoms in total. The second-order valence-corrected chi connectivity index (χ2v) is 4.75. The molecule has 1 aliphatic carbocycles. The maximum absolute atomic E-state index is 5.53. The lowest BCUT2D eigenvalue weighted by atomic mass is 9.48. The smallest absolute Gasteiger partial charge is 0.188 e. The first kappa shape index (κ1) is 11.5. The van der Waals surface area contributed by atoms with Gasteiger partial charge in [0, 0.05) is 14.2 Å². The summed E-state index contributed by atoms with van der Waals surface area (Å²) in [7, 11) is 3.31. The Morgan fingerprint density at radius 3 is 1.57 bits per heavy atom. The van der Waals surface area contributed by atoms with Gasteiger partial charge in [-0.2, -0.15) is 5.10 Å². The first-order valence-corrected chi connectivity index (χ1v) is 4.71. The fraction of sp³-hybridized carbons (Fsp3) is 0.900. The van der Waals surface area contributed by atoms with E-state index in [0.29, 0.717) is 0 Å². The van der Waals surface area contributed by atoms with E-state index in [1.165, 1.54) is 0 Å². The molecule has 14 heavy (non-hydrogen) atoms. The van der Waals surface area contributed by atoms with Crippen molar-refractivity contribution in [3.05, 3.63) is 0 Å². The van der Waals surface area contributed by atoms with E-state index < -0.39 is 5.79 Å². The van der Waals surface area contributed by atoms with Crippen molar-refractivity contribution in [3.63, 3.8) is 0 Å². The Bertz CT molecular complexity index is 245. The molecule has 0 radical (unpaired) electrons. The number of hydrazone groups is 1. The van der Waals surface area contributed by atoms with Gasteiger partial charge in [0.05, 0.1) is 16.5 Å². The van der Waals surface area contributed by atoms with Crippen molar-refractivity contribution >= 4 is 5.71 Å². The third-order valence-electron chi connectivity index (χ3n) is 3.53. The van der Waals surface area contributed by atoms with Gasteiger partial charge in [0.15, 0.2) is 5.79 Å². The Morgan fingerprint density at radius 1 is 1.00 bits per heavy atom. The quantitative estimate of drug-likeness (QED) is 0.416. The highest BCUT2D eigenvalue weighted by Gasteiger charge is 2.72. The Kier molecular flexibility index (Phi) is 2.41. The number of nitrogens with zero attached hydrogens (tertiary/aromatic N) is 1. The van der Waals surface area contributed by atoms with Crippen molar-refractivity contribution in [3.8, 4) is 0 Å². The van der Waals surface area contributed by atoms with E-state index in [1.54, 1.807) is 14.2 Å². The topological polar surface area (TPSA) is 56.8 Å². The molecule has 1 fully saturated rings. The van der Waals surface area contributed by atoms with Gasteiger partial charge in [-0.25, -0.2) is 0 Å². The molecular weight excluding hydrogens is 180 g/mol. The lowest BCUT2D eigenvalue weighted by Gasteiger charge is -2.64. The van der Waals surface area contributed by atoms with Crippen LogP contribution in [0, 0.1) is 10.8 Å². The van der Waals surface area contributed by atoms with Crippen LogP contribution < -0.4 is 5.84 Å². The SMILES string of the molecule is COC1(OC)C(C)(C)C(=NN)C1(C)C. The predicted octanol–water partition coefficient (Wildman–Crippen LogP) is 1.36. The van der Waals surface area contributed by atoms with Crippen LogP contribution in [0.15, 0.2) is 5.10 Å². The standard InChI is InChI=1S/C10H20N2O2/c1-8(2)7(12-11)9(3,4)10(8,13-5)14-6/h11H2,1-6H3. The summed E-state index contributed by atoms with van der Waals surface area (Å²) in [5, 5.41) is 3.85. The lowest BCUT2D eigenvalue weighted by Crippen LogP contribution is -2.76. The molecule has 0 aromatic heterocycles. The van der Waals surface area contributed by atoms with Gasteiger partial charge in [0.1, 0.15) is 0 Å². The second kappa shape index (κ2) is 2.94. The number of rotatable bonds is 2. The van der Waals surface area contributed by atoms with E-state index in [0.717, 1.165) is 5.71 Å². The van der Waals surface area contributed by atoms with Crippen LogP contribution in [0.4, 0.5) is 0 Å². The number of hydrogen-bond acceptors (Lipinski definition) is 4. The Hall–Kier alpha value is -0.610. The summed E-state index contributed by atoms with van der Waals surface area (Å²) in [6.07, 6.45) is 0. The number of nitrogens with two attached hydrogens (primary N) is 1. The van der Waals surface area contributed by atoms with Gasteiger partial charge in [-0.05, 0) is 27.7 Å². The minimum absolute atomic E-state index is 0.283. The molecule has 0 spiro atoms. The van der Waals surface area contributed by atoms with Crippen molar-refractivity contribution in [1.82, 2.24) is 0 Å². The van der Waals surface area contributed by atoms with Crippen molar-refractivity contribution in [1.29, 1.82) is 0 Å². The summed E-state index contributed by atoms with van der Waals surface area (Å²) in [6.45, 7) is 8.10. The zero-order valence-corrected chi connectivity index (χ0v) is 9.84. The van der Waals surface area contributed by atoms with Crippen LogP contribution >= 0.6 is 0 Å². The Morgan fingerprint density at radius 2 is 1.36 bits per heavy atom. The third kappa shape index (κ3) is 0.880. The van der Waals surface area contributed by atoms with E-state index in [-0.39, 0.29) is 10.8 Å². The van der Waals surface area contributed by atoms with E-state index in [1.807, 2.05) is 27.7 Å². The summed E-state index contributed by atoms with van der Waals surface area (Å²) in [5.41, 5.74) is 0.359. The normalized spacial score (nSPS) is 26.9. The zero-order valence-electron chi connectivity index (χ0n) is 9.84. The molecule has 0 bridgehead atoms. The first-order valence-electron chi connectivity index (χ1n) is 4.71. The minimum Gasteiger partial charge on any atom is -0.351 e. The molecule has 0 amide bonds. The average Bonchev–Trinajstić information content (AvgIpc) is 2.05. The van der Waals surface area contributed by atoms with Crippen molar-refractivity contribution in [2.45, 2.75) is 33.5 Å². The van der Waals surface area contributed by atoms with Crippen LogP contribution in [0.2, 0.25) is 0 Å². The number of methoxy groups -OCH3 is 2. The van der Waals surface area contributed by atoms with Crippen molar-refractivity contribution < 1.29 is 9.47 Å². The first-order chi connectivity index (χ1) is 6.31. The van der Waals surface area contributed by atoms with E-state index in [9.17, 15) is 0 Å². The van der Waals surface area contributed by atoms with Crippen LogP contribution in [0.1, 0.15) is 27.7 Å². The van der Waals surface area contributed by atoms with E-state index >= 15 is 0 Å². The summed E-state index contributed by atoms with van der Waals surface area (Å²) in [5.74, 6) is 4.75. The van der Waals surface area contributed by atoms with Gasteiger partial charge in [0.2, 0.25) is 0 Å². The van der Waals surface area contributed by atoms with Gasteiger partial charge in [-0.15, -0.1) is 0 Å². The highest BCUT2D eigenvalue weighted by molar-refractivity contribution is 6.02. The van der Waals surface area contributed by atoms with Gasteiger partial charge < -0.3 is 15.3 Å². The molecule has 0 unspecified atom stereocenters. The van der Waals surface area contributed by atoms with Crippen LogP contribution in [-0.2, 0) is 9.47 Å². The van der Waals surface area contributed by atoms with Gasteiger partial charge in [-0.1, -0.05) is 0 Å². The van der Waals surface area contributed by atoms with Crippen molar-refractivity contribution in [2.75, 3.05) is 14.2 Å². The molecule has 0 aromatic rings.